The average Bonchev–Trinajstić information content (AvgIpc) is 3.30. The van der Waals surface area contributed by atoms with Gasteiger partial charge in [-0.05, 0) is 101 Å². The number of benzene rings is 10. The molecule has 0 saturated carbocycles. The van der Waals surface area contributed by atoms with Crippen LogP contribution < -0.4 is 0 Å². The monoisotopic (exact) mass is 737 g/mol. The molecule has 0 fully saturated rings. The van der Waals surface area contributed by atoms with Crippen LogP contribution in [0.25, 0.3) is 111 Å². The van der Waals surface area contributed by atoms with E-state index in [1.54, 1.807) is 0 Å². The average molecular weight is 738 g/mol. The number of rotatable bonds is 6. The smallest absolute Gasteiger partial charge is 0.164 e. The molecule has 270 valence electrons. The summed E-state index contributed by atoms with van der Waals surface area (Å²) in [5, 5.41) is 9.70. The van der Waals surface area contributed by atoms with Crippen molar-refractivity contribution in [1.82, 2.24) is 15.0 Å². The van der Waals surface area contributed by atoms with Gasteiger partial charge in [-0.25, -0.2) is 15.0 Å². The van der Waals surface area contributed by atoms with Gasteiger partial charge in [-0.1, -0.05) is 188 Å². The summed E-state index contributed by atoms with van der Waals surface area (Å²) in [5.74, 6) is 1.91. The van der Waals surface area contributed by atoms with Crippen LogP contribution in [0.1, 0.15) is 0 Å². The van der Waals surface area contributed by atoms with Crippen molar-refractivity contribution in [1.29, 1.82) is 0 Å². The highest BCUT2D eigenvalue weighted by atomic mass is 15.0. The predicted octanol–water partition coefficient (Wildman–Crippen LogP) is 14.5. The van der Waals surface area contributed by atoms with Crippen molar-refractivity contribution in [3.05, 3.63) is 212 Å². The minimum atomic E-state index is 0.633. The fourth-order valence-electron chi connectivity index (χ4n) is 8.28. The van der Waals surface area contributed by atoms with Gasteiger partial charge in [0, 0.05) is 16.7 Å². The minimum absolute atomic E-state index is 0.633. The maximum absolute atomic E-state index is 5.14. The molecule has 0 aliphatic carbocycles. The number of nitrogens with zero attached hydrogens (tertiary/aromatic N) is 3. The van der Waals surface area contributed by atoms with Gasteiger partial charge in [-0.15, -0.1) is 0 Å². The molecule has 0 atom stereocenters. The van der Waals surface area contributed by atoms with Crippen LogP contribution in [0.5, 0.6) is 0 Å². The van der Waals surface area contributed by atoms with Crippen molar-refractivity contribution in [3.8, 4) is 67.5 Å². The third-order valence-electron chi connectivity index (χ3n) is 11.3. The summed E-state index contributed by atoms with van der Waals surface area (Å²) in [6.45, 7) is 0. The third-order valence-corrected chi connectivity index (χ3v) is 11.3. The highest BCUT2D eigenvalue weighted by Gasteiger charge is 2.15. The van der Waals surface area contributed by atoms with E-state index in [0.29, 0.717) is 17.5 Å². The lowest BCUT2D eigenvalue weighted by Gasteiger charge is -2.12. The highest BCUT2D eigenvalue weighted by molar-refractivity contribution is 6.00. The first-order chi connectivity index (χ1) is 28.7. The van der Waals surface area contributed by atoms with E-state index in [1.165, 1.54) is 54.4 Å². The van der Waals surface area contributed by atoms with E-state index in [4.69, 9.17) is 15.0 Å². The molecular weight excluding hydrogens is 703 g/mol. The molecule has 3 nitrogen and oxygen atoms in total. The van der Waals surface area contributed by atoms with Gasteiger partial charge < -0.3 is 0 Å². The van der Waals surface area contributed by atoms with Crippen molar-refractivity contribution < 1.29 is 0 Å². The number of aromatic nitrogens is 3. The molecule has 0 bridgehead atoms. The van der Waals surface area contributed by atoms with E-state index >= 15 is 0 Å². The summed E-state index contributed by atoms with van der Waals surface area (Å²) in [6, 6.07) is 75.5. The van der Waals surface area contributed by atoms with Crippen LogP contribution in [0.3, 0.4) is 0 Å². The Morgan fingerprint density at radius 1 is 0.207 bits per heavy atom. The first kappa shape index (κ1) is 33.6. The zero-order chi connectivity index (χ0) is 38.4. The molecule has 0 N–H and O–H groups in total. The number of hydrogen-bond acceptors (Lipinski definition) is 3. The van der Waals surface area contributed by atoms with E-state index in [1.807, 2.05) is 0 Å². The Bertz CT molecular complexity index is 3340. The van der Waals surface area contributed by atoms with Crippen LogP contribution in [0.4, 0.5) is 0 Å². The molecular formula is C55H35N3. The lowest BCUT2D eigenvalue weighted by atomic mass is 9.94. The third kappa shape index (κ3) is 6.16. The number of hydrogen-bond donors (Lipinski definition) is 0. The van der Waals surface area contributed by atoms with Crippen LogP contribution in [-0.2, 0) is 0 Å². The molecule has 0 aliphatic rings. The molecule has 1 heterocycles. The first-order valence-electron chi connectivity index (χ1n) is 19.7. The summed E-state index contributed by atoms with van der Waals surface area (Å²) in [7, 11) is 0. The van der Waals surface area contributed by atoms with E-state index in [-0.39, 0.29) is 0 Å². The van der Waals surface area contributed by atoms with Crippen molar-refractivity contribution >= 4 is 43.1 Å². The zero-order valence-corrected chi connectivity index (χ0v) is 31.5. The molecule has 0 saturated heterocycles. The fourth-order valence-corrected chi connectivity index (χ4v) is 8.28. The maximum Gasteiger partial charge on any atom is 0.164 e. The lowest BCUT2D eigenvalue weighted by Crippen LogP contribution is -2.00. The SMILES string of the molecule is c1cc(-c2ccc3cc(-c4cccc5ccccc45)ccc3c2)cc(-c2nc(-c3ccc(-c4cccc5ccccc45)cc3)nc(-c3ccc4ccccc4c3)n2)c1. The van der Waals surface area contributed by atoms with Crippen LogP contribution in [0.15, 0.2) is 212 Å². The molecule has 0 unspecified atom stereocenters. The molecule has 0 amide bonds. The number of fused-ring (bicyclic) bond motifs is 4. The molecule has 58 heavy (non-hydrogen) atoms. The summed E-state index contributed by atoms with van der Waals surface area (Å²) < 4.78 is 0. The second kappa shape index (κ2) is 14.1. The standard InChI is InChI=1S/C55H35N3/c1-2-13-41-34-48(31-22-36(41)10-1)55-57-53(40-25-23-39(24-26-40)51-20-8-14-37-11-3-5-18-49(37)51)56-54(58-55)47-17-7-16-42(35-47)43-27-28-45-33-46(30-29-44(45)32-43)52-21-9-15-38-12-4-6-19-50(38)52/h1-35H. The van der Waals surface area contributed by atoms with Crippen molar-refractivity contribution in [2.24, 2.45) is 0 Å². The summed E-state index contributed by atoms with van der Waals surface area (Å²) in [6.07, 6.45) is 0. The normalized spacial score (nSPS) is 11.4. The molecule has 1 aromatic heterocycles. The molecule has 0 radical (unpaired) electrons. The van der Waals surface area contributed by atoms with Crippen molar-refractivity contribution in [2.75, 3.05) is 0 Å². The quantitative estimate of drug-likeness (QED) is 0.171. The van der Waals surface area contributed by atoms with Crippen LogP contribution in [-0.4, -0.2) is 15.0 Å². The molecule has 0 aliphatic heterocycles. The molecule has 0 spiro atoms. The Labute approximate surface area is 336 Å². The molecule has 3 heteroatoms. The van der Waals surface area contributed by atoms with Gasteiger partial charge in [-0.2, -0.15) is 0 Å². The van der Waals surface area contributed by atoms with Gasteiger partial charge in [0.15, 0.2) is 17.5 Å². The second-order valence-corrected chi connectivity index (χ2v) is 14.9. The van der Waals surface area contributed by atoms with Gasteiger partial charge in [0.05, 0.1) is 0 Å². The van der Waals surface area contributed by atoms with Crippen LogP contribution >= 0.6 is 0 Å². The Balaban J connectivity index is 0.980. The zero-order valence-electron chi connectivity index (χ0n) is 31.5. The summed E-state index contributed by atoms with van der Waals surface area (Å²) >= 11 is 0. The van der Waals surface area contributed by atoms with E-state index in [0.717, 1.165) is 38.8 Å². The maximum atomic E-state index is 5.14. The Hall–Kier alpha value is -7.75. The second-order valence-electron chi connectivity index (χ2n) is 14.9. The van der Waals surface area contributed by atoms with Crippen LogP contribution in [0, 0.1) is 0 Å². The molecule has 11 rings (SSSR count). The fraction of sp³-hybridized carbons (Fsp3) is 0. The first-order valence-corrected chi connectivity index (χ1v) is 19.7. The van der Waals surface area contributed by atoms with Crippen molar-refractivity contribution in [2.45, 2.75) is 0 Å². The topological polar surface area (TPSA) is 38.7 Å². The Kier molecular flexibility index (Phi) is 8.15. The van der Waals surface area contributed by atoms with Gasteiger partial charge in [0.1, 0.15) is 0 Å². The van der Waals surface area contributed by atoms with Gasteiger partial charge in [0.2, 0.25) is 0 Å². The van der Waals surface area contributed by atoms with E-state index in [2.05, 4.69) is 212 Å². The summed E-state index contributed by atoms with van der Waals surface area (Å²) in [4.78, 5) is 15.4. The van der Waals surface area contributed by atoms with Gasteiger partial charge in [-0.3, -0.25) is 0 Å². The predicted molar refractivity (Wildman–Crippen MR) is 242 cm³/mol. The van der Waals surface area contributed by atoms with E-state index < -0.39 is 0 Å². The minimum Gasteiger partial charge on any atom is -0.208 e. The van der Waals surface area contributed by atoms with Crippen LogP contribution in [0.2, 0.25) is 0 Å². The highest BCUT2D eigenvalue weighted by Crippen LogP contribution is 2.35. The summed E-state index contributed by atoms with van der Waals surface area (Å²) in [5.41, 5.74) is 9.87. The van der Waals surface area contributed by atoms with Gasteiger partial charge in [0.25, 0.3) is 0 Å². The van der Waals surface area contributed by atoms with E-state index in [9.17, 15) is 0 Å². The Morgan fingerprint density at radius 3 is 1.28 bits per heavy atom. The Morgan fingerprint density at radius 2 is 0.586 bits per heavy atom. The van der Waals surface area contributed by atoms with Crippen molar-refractivity contribution in [3.63, 3.8) is 0 Å². The van der Waals surface area contributed by atoms with Gasteiger partial charge >= 0.3 is 0 Å². The molecule has 11 aromatic rings. The largest absolute Gasteiger partial charge is 0.208 e. The molecule has 10 aromatic carbocycles. The lowest BCUT2D eigenvalue weighted by molar-refractivity contribution is 1.07.